The van der Waals surface area contributed by atoms with Crippen molar-refractivity contribution >= 4 is 6.29 Å². The van der Waals surface area contributed by atoms with Gasteiger partial charge in [-0.15, -0.1) is 0 Å². The van der Waals surface area contributed by atoms with Gasteiger partial charge in [0.2, 0.25) is 0 Å². The third-order valence-corrected chi connectivity index (χ3v) is 1.39. The van der Waals surface area contributed by atoms with Gasteiger partial charge in [-0.3, -0.25) is 0 Å². The molecule has 17 heavy (non-hydrogen) atoms. The largest absolute Gasteiger partial charge is 0.379 e. The zero-order valence-electron chi connectivity index (χ0n) is 10.9. The molecule has 3 N–H and O–H groups in total. The monoisotopic (exact) mass is 250 g/mol. The maximum absolute atomic E-state index is 9.90. The van der Waals surface area contributed by atoms with Crippen molar-refractivity contribution < 1.29 is 19.0 Å². The molecule has 0 rings (SSSR count). The van der Waals surface area contributed by atoms with Gasteiger partial charge in [-0.25, -0.2) is 0 Å². The van der Waals surface area contributed by atoms with Gasteiger partial charge in [0.25, 0.3) is 0 Å². The smallest absolute Gasteiger partial charge is 0.122 e. The topological polar surface area (TPSA) is 82.8 Å². The molecule has 6 nitrogen and oxygen atoms in total. The molecule has 0 aliphatic heterocycles. The molecule has 0 amide bonds. The fourth-order valence-corrected chi connectivity index (χ4v) is 0.757. The first-order chi connectivity index (χ1) is 8.33. The molecule has 0 spiro atoms. The molecule has 0 heterocycles. The van der Waals surface area contributed by atoms with Gasteiger partial charge in [0.15, 0.2) is 0 Å². The Kier molecular flexibility index (Phi) is 23.1. The predicted molar refractivity (Wildman–Crippen MR) is 67.2 cm³/mol. The third-order valence-electron chi connectivity index (χ3n) is 1.39. The molecule has 104 valence electrons. The van der Waals surface area contributed by atoms with Crippen molar-refractivity contribution in [2.75, 3.05) is 60.3 Å². The Hall–Kier alpha value is -0.530. The Balaban J connectivity index is 0. The molecule has 0 aromatic carbocycles. The van der Waals surface area contributed by atoms with Crippen molar-refractivity contribution in [2.45, 2.75) is 6.42 Å². The zero-order valence-corrected chi connectivity index (χ0v) is 10.9. The van der Waals surface area contributed by atoms with Crippen molar-refractivity contribution in [3.63, 3.8) is 0 Å². The molecule has 0 atom stereocenters. The maximum Gasteiger partial charge on any atom is 0.122 e. The molecular formula is C11H26N2O4. The van der Waals surface area contributed by atoms with Crippen LogP contribution in [0.5, 0.6) is 0 Å². The van der Waals surface area contributed by atoms with Crippen molar-refractivity contribution in [1.29, 1.82) is 0 Å². The standard InChI is InChI=1S/C9H19NO4.C2H7N/c10-2-5-13-7-9-14-8-6-12-4-1-3-11;1-3-2/h3H,1-2,4-10H2;3H,1-2H3. The molecule has 0 bridgehead atoms. The normalized spacial score (nSPS) is 9.59. The average molecular weight is 250 g/mol. The Morgan fingerprint density at radius 1 is 0.941 bits per heavy atom. The summed E-state index contributed by atoms with van der Waals surface area (Å²) >= 11 is 0. The lowest BCUT2D eigenvalue weighted by molar-refractivity contribution is -0.108. The van der Waals surface area contributed by atoms with E-state index in [2.05, 4.69) is 5.32 Å². The highest BCUT2D eigenvalue weighted by Crippen LogP contribution is 1.82. The number of carbonyl (C=O) groups excluding carboxylic acids is 1. The Morgan fingerprint density at radius 3 is 1.76 bits per heavy atom. The Morgan fingerprint density at radius 2 is 1.35 bits per heavy atom. The summed E-state index contributed by atoms with van der Waals surface area (Å²) in [4.78, 5) is 9.90. The average Bonchev–Trinajstić information content (AvgIpc) is 2.33. The van der Waals surface area contributed by atoms with Crippen LogP contribution in [-0.4, -0.2) is 66.6 Å². The van der Waals surface area contributed by atoms with E-state index in [0.717, 1.165) is 6.29 Å². The summed E-state index contributed by atoms with van der Waals surface area (Å²) in [6.45, 7) is 3.74. The highest BCUT2D eigenvalue weighted by molar-refractivity contribution is 5.49. The highest BCUT2D eigenvalue weighted by Gasteiger charge is 1.90. The van der Waals surface area contributed by atoms with Crippen LogP contribution < -0.4 is 11.1 Å². The second kappa shape index (κ2) is 20.8. The molecule has 0 unspecified atom stereocenters. The summed E-state index contributed by atoms with van der Waals surface area (Å²) in [5.74, 6) is 0. The van der Waals surface area contributed by atoms with Gasteiger partial charge in [0.05, 0.1) is 39.6 Å². The van der Waals surface area contributed by atoms with Crippen molar-refractivity contribution in [1.82, 2.24) is 5.32 Å². The molecule has 0 aliphatic rings. The van der Waals surface area contributed by atoms with Gasteiger partial charge >= 0.3 is 0 Å². The summed E-state index contributed by atoms with van der Waals surface area (Å²) in [6.07, 6.45) is 1.28. The summed E-state index contributed by atoms with van der Waals surface area (Å²) in [7, 11) is 3.75. The molecule has 0 fully saturated rings. The number of nitrogens with one attached hydrogen (secondary N) is 1. The molecule has 0 aliphatic carbocycles. The molecule has 0 aromatic rings. The third kappa shape index (κ3) is 25.6. The van der Waals surface area contributed by atoms with Crippen LogP contribution >= 0.6 is 0 Å². The van der Waals surface area contributed by atoms with Gasteiger partial charge in [-0.2, -0.15) is 0 Å². The predicted octanol–water partition coefficient (Wildman–Crippen LogP) is -0.580. The number of ether oxygens (including phenoxy) is 3. The van der Waals surface area contributed by atoms with Crippen LogP contribution in [0.15, 0.2) is 0 Å². The van der Waals surface area contributed by atoms with Crippen molar-refractivity contribution in [3.05, 3.63) is 0 Å². The number of hydrogen-bond acceptors (Lipinski definition) is 6. The van der Waals surface area contributed by atoms with Crippen LogP contribution in [0, 0.1) is 0 Å². The SMILES string of the molecule is CNC.NCCOCCOCCOCCC=O. The van der Waals surface area contributed by atoms with E-state index in [1.807, 2.05) is 14.1 Å². The maximum atomic E-state index is 9.90. The van der Waals surface area contributed by atoms with Gasteiger partial charge in [0.1, 0.15) is 6.29 Å². The number of rotatable bonds is 11. The van der Waals surface area contributed by atoms with Crippen LogP contribution in [0.2, 0.25) is 0 Å². The minimum Gasteiger partial charge on any atom is -0.379 e. The highest BCUT2D eigenvalue weighted by atomic mass is 16.5. The number of carbonyl (C=O) groups is 1. The van der Waals surface area contributed by atoms with E-state index in [1.165, 1.54) is 0 Å². The van der Waals surface area contributed by atoms with Crippen LogP contribution in [-0.2, 0) is 19.0 Å². The Bertz CT molecular complexity index is 137. The lowest BCUT2D eigenvalue weighted by Gasteiger charge is -2.05. The first-order valence-corrected chi connectivity index (χ1v) is 5.78. The lowest BCUT2D eigenvalue weighted by atomic mass is 10.5. The van der Waals surface area contributed by atoms with Gasteiger partial charge in [-0.1, -0.05) is 0 Å². The molecule has 6 heteroatoms. The number of nitrogens with two attached hydrogens (primary N) is 1. The van der Waals surface area contributed by atoms with Crippen LogP contribution in [0.3, 0.4) is 0 Å². The Labute approximate surface area is 104 Å². The summed E-state index contributed by atoms with van der Waals surface area (Å²) in [5.41, 5.74) is 5.22. The number of aldehydes is 1. The van der Waals surface area contributed by atoms with E-state index in [0.29, 0.717) is 52.6 Å². The molecular weight excluding hydrogens is 224 g/mol. The first-order valence-electron chi connectivity index (χ1n) is 5.78. The molecule has 0 saturated heterocycles. The summed E-state index contributed by atoms with van der Waals surface area (Å²) in [5, 5.41) is 2.75. The van der Waals surface area contributed by atoms with Crippen molar-refractivity contribution in [3.8, 4) is 0 Å². The fourth-order valence-electron chi connectivity index (χ4n) is 0.757. The van der Waals surface area contributed by atoms with E-state index in [4.69, 9.17) is 19.9 Å². The summed E-state index contributed by atoms with van der Waals surface area (Å²) < 4.78 is 15.4. The fraction of sp³-hybridized carbons (Fsp3) is 0.909. The molecule has 0 aromatic heterocycles. The van der Waals surface area contributed by atoms with Gasteiger partial charge < -0.3 is 30.1 Å². The van der Waals surface area contributed by atoms with Gasteiger partial charge in [-0.05, 0) is 14.1 Å². The van der Waals surface area contributed by atoms with E-state index in [1.54, 1.807) is 0 Å². The van der Waals surface area contributed by atoms with E-state index < -0.39 is 0 Å². The quantitative estimate of drug-likeness (QED) is 0.377. The minimum absolute atomic E-state index is 0.444. The van der Waals surface area contributed by atoms with Crippen LogP contribution in [0.4, 0.5) is 0 Å². The van der Waals surface area contributed by atoms with E-state index in [9.17, 15) is 4.79 Å². The molecule has 0 saturated carbocycles. The van der Waals surface area contributed by atoms with Crippen LogP contribution in [0.25, 0.3) is 0 Å². The minimum atomic E-state index is 0.444. The molecule has 0 radical (unpaired) electrons. The lowest BCUT2D eigenvalue weighted by Crippen LogP contribution is -2.13. The number of hydrogen-bond donors (Lipinski definition) is 2. The second-order valence-corrected chi connectivity index (χ2v) is 3.08. The van der Waals surface area contributed by atoms with Crippen LogP contribution in [0.1, 0.15) is 6.42 Å². The van der Waals surface area contributed by atoms with Gasteiger partial charge in [0, 0.05) is 13.0 Å². The van der Waals surface area contributed by atoms with E-state index >= 15 is 0 Å². The van der Waals surface area contributed by atoms with E-state index in [-0.39, 0.29) is 0 Å². The first kappa shape index (κ1) is 18.8. The zero-order chi connectivity index (χ0) is 13.2. The second-order valence-electron chi connectivity index (χ2n) is 3.08. The van der Waals surface area contributed by atoms with Crippen molar-refractivity contribution in [2.24, 2.45) is 5.73 Å². The summed E-state index contributed by atoms with van der Waals surface area (Å²) in [6, 6.07) is 0.